The van der Waals surface area contributed by atoms with E-state index in [0.29, 0.717) is 16.5 Å². The maximum Gasteiger partial charge on any atom is 0.101 e. The van der Waals surface area contributed by atoms with Crippen molar-refractivity contribution in [2.75, 3.05) is 0 Å². The largest absolute Gasteiger partial charge is 0.275 e. The number of hydrogen-bond donors (Lipinski definition) is 0. The fourth-order valence-electron chi connectivity index (χ4n) is 1.93. The molecule has 1 aromatic carbocycles. The molecule has 2 aromatic rings. The van der Waals surface area contributed by atoms with Gasteiger partial charge >= 0.3 is 0 Å². The van der Waals surface area contributed by atoms with Crippen molar-refractivity contribution in [3.63, 3.8) is 0 Å². The van der Waals surface area contributed by atoms with Crippen LogP contribution in [0.5, 0.6) is 0 Å². The second-order valence-electron chi connectivity index (χ2n) is 4.56. The van der Waals surface area contributed by atoms with Crippen molar-refractivity contribution in [1.29, 1.82) is 5.26 Å². The summed E-state index contributed by atoms with van der Waals surface area (Å²) in [4.78, 5) is 0. The maximum atomic E-state index is 8.88. The molecule has 0 fully saturated rings. The summed E-state index contributed by atoms with van der Waals surface area (Å²) in [5.41, 5.74) is 3.60. The number of nitriles is 1. The van der Waals surface area contributed by atoms with Crippen LogP contribution >= 0.6 is 11.6 Å². The van der Waals surface area contributed by atoms with Gasteiger partial charge in [0.2, 0.25) is 0 Å². The first kappa shape index (κ1) is 12.7. The van der Waals surface area contributed by atoms with Gasteiger partial charge in [-0.05, 0) is 23.6 Å². The Kier molecular flexibility index (Phi) is 3.40. The highest BCUT2D eigenvalue weighted by Crippen LogP contribution is 2.30. The molecule has 1 aromatic heterocycles. The smallest absolute Gasteiger partial charge is 0.101 e. The molecular weight excluding hydrogens is 246 g/mol. The van der Waals surface area contributed by atoms with Gasteiger partial charge in [0.1, 0.15) is 6.07 Å². The molecule has 0 saturated carbocycles. The number of aryl methyl sites for hydroxylation is 1. The van der Waals surface area contributed by atoms with Gasteiger partial charge in [-0.15, -0.1) is 0 Å². The van der Waals surface area contributed by atoms with E-state index in [2.05, 4.69) is 25.0 Å². The molecule has 0 saturated heterocycles. The standard InChI is InChI=1S/C14H14ClN3/c1-9(2)14-12(8-18(3)17-14)10-4-5-11(7-16)13(15)6-10/h4-6,8-9H,1-3H3. The summed E-state index contributed by atoms with van der Waals surface area (Å²) < 4.78 is 1.80. The van der Waals surface area contributed by atoms with Gasteiger partial charge in [-0.2, -0.15) is 10.4 Å². The zero-order chi connectivity index (χ0) is 13.3. The Morgan fingerprint density at radius 1 is 1.39 bits per heavy atom. The van der Waals surface area contributed by atoms with E-state index in [4.69, 9.17) is 16.9 Å². The van der Waals surface area contributed by atoms with E-state index >= 15 is 0 Å². The molecule has 18 heavy (non-hydrogen) atoms. The van der Waals surface area contributed by atoms with Crippen molar-refractivity contribution in [3.05, 3.63) is 40.7 Å². The Morgan fingerprint density at radius 2 is 2.11 bits per heavy atom. The number of aromatic nitrogens is 2. The van der Waals surface area contributed by atoms with Crippen LogP contribution in [0.15, 0.2) is 24.4 Å². The lowest BCUT2D eigenvalue weighted by Gasteiger charge is -2.06. The molecule has 1 heterocycles. The second-order valence-corrected chi connectivity index (χ2v) is 4.97. The molecule has 0 amide bonds. The molecule has 0 atom stereocenters. The lowest BCUT2D eigenvalue weighted by atomic mass is 9.99. The number of nitrogens with zero attached hydrogens (tertiary/aromatic N) is 3. The van der Waals surface area contributed by atoms with Gasteiger partial charge in [0.05, 0.1) is 16.3 Å². The van der Waals surface area contributed by atoms with Gasteiger partial charge in [-0.1, -0.05) is 31.5 Å². The summed E-state index contributed by atoms with van der Waals surface area (Å²) >= 11 is 6.07. The lowest BCUT2D eigenvalue weighted by molar-refractivity contribution is 0.713. The Hall–Kier alpha value is -1.79. The molecule has 0 spiro atoms. The monoisotopic (exact) mass is 259 g/mol. The average molecular weight is 260 g/mol. The first-order valence-corrected chi connectivity index (χ1v) is 6.14. The molecule has 0 N–H and O–H groups in total. The third-order valence-corrected chi connectivity index (χ3v) is 3.12. The second kappa shape index (κ2) is 4.83. The van der Waals surface area contributed by atoms with Crippen LogP contribution in [0, 0.1) is 11.3 Å². The maximum absolute atomic E-state index is 8.88. The summed E-state index contributed by atoms with van der Waals surface area (Å²) in [5.74, 6) is 0.343. The lowest BCUT2D eigenvalue weighted by Crippen LogP contribution is -1.93. The predicted octanol–water partition coefficient (Wildman–Crippen LogP) is 3.74. The number of rotatable bonds is 2. The van der Waals surface area contributed by atoms with E-state index in [1.807, 2.05) is 25.4 Å². The molecule has 92 valence electrons. The van der Waals surface area contributed by atoms with Crippen molar-refractivity contribution in [2.45, 2.75) is 19.8 Å². The van der Waals surface area contributed by atoms with Crippen LogP contribution in [-0.4, -0.2) is 9.78 Å². The Labute approximate surface area is 112 Å². The Bertz CT molecular complexity index is 620. The third kappa shape index (κ3) is 2.25. The van der Waals surface area contributed by atoms with Crippen LogP contribution < -0.4 is 0 Å². The van der Waals surface area contributed by atoms with Crippen molar-refractivity contribution >= 4 is 11.6 Å². The summed E-state index contributed by atoms with van der Waals surface area (Å²) in [5, 5.41) is 13.8. The van der Waals surface area contributed by atoms with E-state index in [-0.39, 0.29) is 0 Å². The van der Waals surface area contributed by atoms with Gasteiger partial charge in [0.25, 0.3) is 0 Å². The topological polar surface area (TPSA) is 41.6 Å². The van der Waals surface area contributed by atoms with E-state index < -0.39 is 0 Å². The molecule has 0 aliphatic rings. The molecule has 0 aliphatic heterocycles. The molecular formula is C14H14ClN3. The zero-order valence-corrected chi connectivity index (χ0v) is 11.4. The van der Waals surface area contributed by atoms with Crippen LogP contribution in [0.2, 0.25) is 5.02 Å². The van der Waals surface area contributed by atoms with E-state index in [0.717, 1.165) is 16.8 Å². The van der Waals surface area contributed by atoms with Crippen molar-refractivity contribution in [2.24, 2.45) is 7.05 Å². The van der Waals surface area contributed by atoms with Crippen LogP contribution in [0.1, 0.15) is 31.0 Å². The molecule has 3 nitrogen and oxygen atoms in total. The van der Waals surface area contributed by atoms with Gasteiger partial charge in [0.15, 0.2) is 0 Å². The van der Waals surface area contributed by atoms with Gasteiger partial charge in [0, 0.05) is 18.8 Å². The highest BCUT2D eigenvalue weighted by atomic mass is 35.5. The SMILES string of the molecule is CC(C)c1nn(C)cc1-c1ccc(C#N)c(Cl)c1. The first-order chi connectivity index (χ1) is 8.52. The average Bonchev–Trinajstić information content (AvgIpc) is 2.71. The third-order valence-electron chi connectivity index (χ3n) is 2.80. The summed E-state index contributed by atoms with van der Waals surface area (Å²) in [7, 11) is 1.90. The van der Waals surface area contributed by atoms with Crippen LogP contribution in [0.25, 0.3) is 11.1 Å². The Balaban J connectivity index is 2.56. The van der Waals surface area contributed by atoms with E-state index in [9.17, 15) is 0 Å². The normalized spacial score (nSPS) is 10.7. The van der Waals surface area contributed by atoms with Gasteiger partial charge in [-0.25, -0.2) is 0 Å². The first-order valence-electron chi connectivity index (χ1n) is 5.76. The van der Waals surface area contributed by atoms with Crippen molar-refractivity contribution < 1.29 is 0 Å². The van der Waals surface area contributed by atoms with E-state index in [1.165, 1.54) is 0 Å². The molecule has 4 heteroatoms. The summed E-state index contributed by atoms with van der Waals surface area (Å²) in [6, 6.07) is 7.54. The fourth-order valence-corrected chi connectivity index (χ4v) is 2.15. The summed E-state index contributed by atoms with van der Waals surface area (Å²) in [6.45, 7) is 4.22. The number of benzene rings is 1. The summed E-state index contributed by atoms with van der Waals surface area (Å²) in [6.07, 6.45) is 1.98. The van der Waals surface area contributed by atoms with Crippen molar-refractivity contribution in [1.82, 2.24) is 9.78 Å². The van der Waals surface area contributed by atoms with Gasteiger partial charge < -0.3 is 0 Å². The fraction of sp³-hybridized carbons (Fsp3) is 0.286. The highest BCUT2D eigenvalue weighted by molar-refractivity contribution is 6.32. The van der Waals surface area contributed by atoms with Crippen molar-refractivity contribution in [3.8, 4) is 17.2 Å². The van der Waals surface area contributed by atoms with Crippen LogP contribution in [-0.2, 0) is 7.05 Å². The molecule has 0 bridgehead atoms. The predicted molar refractivity (Wildman–Crippen MR) is 72.5 cm³/mol. The molecule has 0 aliphatic carbocycles. The van der Waals surface area contributed by atoms with Crippen LogP contribution in [0.3, 0.4) is 0 Å². The zero-order valence-electron chi connectivity index (χ0n) is 10.6. The Morgan fingerprint density at radius 3 is 2.67 bits per heavy atom. The van der Waals surface area contributed by atoms with Crippen LogP contribution in [0.4, 0.5) is 0 Å². The molecule has 0 unspecified atom stereocenters. The minimum absolute atomic E-state index is 0.343. The highest BCUT2D eigenvalue weighted by Gasteiger charge is 2.14. The quantitative estimate of drug-likeness (QED) is 0.824. The van der Waals surface area contributed by atoms with Gasteiger partial charge in [-0.3, -0.25) is 4.68 Å². The number of halogens is 1. The number of hydrogen-bond acceptors (Lipinski definition) is 2. The molecule has 2 rings (SSSR count). The van der Waals surface area contributed by atoms with E-state index in [1.54, 1.807) is 10.7 Å². The minimum Gasteiger partial charge on any atom is -0.275 e. The minimum atomic E-state index is 0.343. The molecule has 0 radical (unpaired) electrons.